The van der Waals surface area contributed by atoms with Crippen LogP contribution in [0.25, 0.3) is 0 Å². The van der Waals surface area contributed by atoms with E-state index < -0.39 is 0 Å². The molecule has 2 N–H and O–H groups in total. The van der Waals surface area contributed by atoms with Gasteiger partial charge in [0, 0.05) is 12.1 Å². The zero-order valence-corrected chi connectivity index (χ0v) is 14.8. The van der Waals surface area contributed by atoms with Crippen molar-refractivity contribution in [2.24, 2.45) is 0 Å². The van der Waals surface area contributed by atoms with Crippen LogP contribution in [0.5, 0.6) is 5.75 Å². The Morgan fingerprint density at radius 1 is 1.17 bits per heavy atom. The molecule has 0 aliphatic rings. The Bertz CT molecular complexity index is 656. The number of methoxy groups -OCH3 is 1. The first-order chi connectivity index (χ1) is 11.6. The molecule has 4 nitrogen and oxygen atoms in total. The van der Waals surface area contributed by atoms with Crippen molar-refractivity contribution in [3.8, 4) is 5.75 Å². The Labute approximate surface area is 144 Å². The highest BCUT2D eigenvalue weighted by atomic mass is 16.5. The number of carbonyl (C=O) groups is 1. The van der Waals surface area contributed by atoms with Gasteiger partial charge in [-0.3, -0.25) is 4.79 Å². The van der Waals surface area contributed by atoms with Crippen molar-refractivity contribution in [1.29, 1.82) is 0 Å². The molecule has 1 unspecified atom stereocenters. The largest absolute Gasteiger partial charge is 0.496 e. The van der Waals surface area contributed by atoms with Crippen molar-refractivity contribution in [3.05, 3.63) is 65.2 Å². The summed E-state index contributed by atoms with van der Waals surface area (Å²) in [5.74, 6) is 0.958. The fraction of sp³-hybridized carbons (Fsp3) is 0.350. The van der Waals surface area contributed by atoms with E-state index in [9.17, 15) is 4.79 Å². The van der Waals surface area contributed by atoms with Crippen molar-refractivity contribution >= 4 is 5.91 Å². The molecule has 0 aromatic heterocycles. The lowest BCUT2D eigenvalue weighted by Gasteiger charge is -2.16. The van der Waals surface area contributed by atoms with Crippen molar-refractivity contribution < 1.29 is 14.4 Å². The van der Waals surface area contributed by atoms with Gasteiger partial charge in [0.25, 0.3) is 5.91 Å². The van der Waals surface area contributed by atoms with Crippen LogP contribution in [0.3, 0.4) is 0 Å². The minimum absolute atomic E-state index is 0.0788. The number of likely N-dealkylation sites (N-methyl/N-ethyl adjacent to an activating group) is 1. The number of benzene rings is 2. The number of rotatable bonds is 8. The molecule has 2 aromatic carbocycles. The highest BCUT2D eigenvalue weighted by Gasteiger charge is 2.13. The quantitative estimate of drug-likeness (QED) is 0.769. The molecule has 0 heterocycles. The fourth-order valence-corrected chi connectivity index (χ4v) is 2.76. The number of amides is 1. The van der Waals surface area contributed by atoms with Gasteiger partial charge in [-0.15, -0.1) is 0 Å². The van der Waals surface area contributed by atoms with Crippen LogP contribution in [0.2, 0.25) is 0 Å². The van der Waals surface area contributed by atoms with Crippen LogP contribution < -0.4 is 15.0 Å². The predicted octanol–water partition coefficient (Wildman–Crippen LogP) is 1.38. The van der Waals surface area contributed by atoms with Crippen LogP contribution in [0.4, 0.5) is 0 Å². The number of quaternary nitrogens is 1. The van der Waals surface area contributed by atoms with Gasteiger partial charge in [-0.05, 0) is 31.0 Å². The lowest BCUT2D eigenvalue weighted by molar-refractivity contribution is -0.885. The Hall–Kier alpha value is -2.33. The monoisotopic (exact) mass is 327 g/mol. The normalized spacial score (nSPS) is 11.8. The molecule has 0 aliphatic heterocycles. The van der Waals surface area contributed by atoms with Gasteiger partial charge in [-0.1, -0.05) is 42.0 Å². The van der Waals surface area contributed by atoms with Gasteiger partial charge in [0.15, 0.2) is 6.54 Å². The van der Waals surface area contributed by atoms with E-state index in [2.05, 4.69) is 30.4 Å². The molecular weight excluding hydrogens is 300 g/mol. The third-order valence-corrected chi connectivity index (χ3v) is 3.97. The summed E-state index contributed by atoms with van der Waals surface area (Å²) in [4.78, 5) is 13.2. The lowest BCUT2D eigenvalue weighted by atomic mass is 10.1. The molecule has 0 saturated heterocycles. The van der Waals surface area contributed by atoms with Crippen LogP contribution in [0.15, 0.2) is 48.5 Å². The van der Waals surface area contributed by atoms with Gasteiger partial charge in [-0.2, -0.15) is 0 Å². The van der Waals surface area contributed by atoms with Crippen LogP contribution in [-0.2, 0) is 17.8 Å². The molecule has 4 heteroatoms. The van der Waals surface area contributed by atoms with Crippen molar-refractivity contribution in [3.63, 3.8) is 0 Å². The maximum absolute atomic E-state index is 12.1. The Kier molecular flexibility index (Phi) is 6.82. The van der Waals surface area contributed by atoms with Crippen LogP contribution >= 0.6 is 0 Å². The highest BCUT2D eigenvalue weighted by Crippen LogP contribution is 2.18. The Morgan fingerprint density at radius 3 is 2.62 bits per heavy atom. The SMILES string of the molecule is COc1ccc(C)cc1C[NH+](C)CC(=O)NCCc1ccccc1. The Morgan fingerprint density at radius 2 is 1.92 bits per heavy atom. The summed E-state index contributed by atoms with van der Waals surface area (Å²) in [6.07, 6.45) is 0.858. The molecule has 0 radical (unpaired) electrons. The van der Waals surface area contributed by atoms with E-state index in [1.54, 1.807) is 7.11 Å². The van der Waals surface area contributed by atoms with E-state index in [-0.39, 0.29) is 5.91 Å². The Balaban J connectivity index is 1.78. The summed E-state index contributed by atoms with van der Waals surface area (Å²) >= 11 is 0. The molecule has 0 fully saturated rings. The van der Waals surface area contributed by atoms with Crippen LogP contribution in [0, 0.1) is 6.92 Å². The predicted molar refractivity (Wildman–Crippen MR) is 96.3 cm³/mol. The number of ether oxygens (including phenoxy) is 1. The topological polar surface area (TPSA) is 42.8 Å². The molecule has 2 rings (SSSR count). The van der Waals surface area contributed by atoms with E-state index in [4.69, 9.17) is 4.74 Å². The minimum Gasteiger partial charge on any atom is -0.496 e. The van der Waals surface area contributed by atoms with E-state index in [1.807, 2.05) is 37.4 Å². The maximum atomic E-state index is 12.1. The zero-order valence-electron chi connectivity index (χ0n) is 14.8. The summed E-state index contributed by atoms with van der Waals surface area (Å²) in [7, 11) is 3.71. The van der Waals surface area contributed by atoms with E-state index in [0.717, 1.165) is 29.2 Å². The zero-order chi connectivity index (χ0) is 17.4. The first-order valence-corrected chi connectivity index (χ1v) is 8.34. The second-order valence-electron chi connectivity index (χ2n) is 6.21. The smallest absolute Gasteiger partial charge is 0.275 e. The van der Waals surface area contributed by atoms with E-state index in [0.29, 0.717) is 13.1 Å². The minimum atomic E-state index is 0.0788. The maximum Gasteiger partial charge on any atom is 0.275 e. The molecule has 0 spiro atoms. The van der Waals surface area contributed by atoms with E-state index >= 15 is 0 Å². The van der Waals surface area contributed by atoms with Gasteiger partial charge >= 0.3 is 0 Å². The fourth-order valence-electron chi connectivity index (χ4n) is 2.76. The van der Waals surface area contributed by atoms with Crippen molar-refractivity contribution in [2.75, 3.05) is 27.2 Å². The van der Waals surface area contributed by atoms with Crippen molar-refractivity contribution in [1.82, 2.24) is 5.32 Å². The van der Waals surface area contributed by atoms with Crippen LogP contribution in [0.1, 0.15) is 16.7 Å². The summed E-state index contributed by atoms with van der Waals surface area (Å²) in [6, 6.07) is 16.3. The number of hydrogen-bond acceptors (Lipinski definition) is 2. The second-order valence-corrected chi connectivity index (χ2v) is 6.21. The molecule has 24 heavy (non-hydrogen) atoms. The standard InChI is InChI=1S/C20H26N2O2/c1-16-9-10-19(24-3)18(13-16)14-22(2)15-20(23)21-12-11-17-7-5-4-6-8-17/h4-10,13H,11-12,14-15H2,1-3H3,(H,21,23)/p+1. The molecular formula is C20H27N2O2+. The average Bonchev–Trinajstić information content (AvgIpc) is 2.56. The third kappa shape index (κ3) is 5.70. The number of carbonyl (C=O) groups excluding carboxylic acids is 1. The number of aryl methyl sites for hydroxylation is 1. The molecule has 1 amide bonds. The molecule has 0 saturated carbocycles. The van der Waals surface area contributed by atoms with Crippen molar-refractivity contribution in [2.45, 2.75) is 19.9 Å². The van der Waals surface area contributed by atoms with Gasteiger partial charge in [0.2, 0.25) is 0 Å². The molecule has 128 valence electrons. The molecule has 0 bridgehead atoms. The first kappa shape index (κ1) is 18.0. The lowest BCUT2D eigenvalue weighted by Crippen LogP contribution is -3.08. The number of hydrogen-bond donors (Lipinski definition) is 2. The highest BCUT2D eigenvalue weighted by molar-refractivity contribution is 5.76. The van der Waals surface area contributed by atoms with Crippen LogP contribution in [-0.4, -0.2) is 33.2 Å². The third-order valence-electron chi connectivity index (χ3n) is 3.97. The molecule has 1 atom stereocenters. The second kappa shape index (κ2) is 9.08. The molecule has 2 aromatic rings. The summed E-state index contributed by atoms with van der Waals surface area (Å²) in [5.41, 5.74) is 3.57. The number of nitrogens with one attached hydrogen (secondary N) is 2. The van der Waals surface area contributed by atoms with Gasteiger partial charge in [0.1, 0.15) is 12.3 Å². The average molecular weight is 327 g/mol. The first-order valence-electron chi connectivity index (χ1n) is 8.34. The van der Waals surface area contributed by atoms with Gasteiger partial charge in [0.05, 0.1) is 14.2 Å². The summed E-state index contributed by atoms with van der Waals surface area (Å²) < 4.78 is 5.41. The van der Waals surface area contributed by atoms with Gasteiger partial charge in [-0.25, -0.2) is 0 Å². The van der Waals surface area contributed by atoms with E-state index in [1.165, 1.54) is 11.1 Å². The molecule has 0 aliphatic carbocycles. The summed E-state index contributed by atoms with van der Waals surface area (Å²) in [6.45, 7) is 3.95. The summed E-state index contributed by atoms with van der Waals surface area (Å²) in [5, 5.41) is 3.00. The van der Waals surface area contributed by atoms with Gasteiger partial charge < -0.3 is 15.0 Å².